The number of rotatable bonds is 5. The third kappa shape index (κ3) is 6.88. The maximum atomic E-state index is 10.8. The molecule has 0 aromatic carbocycles. The van der Waals surface area contributed by atoms with Crippen molar-refractivity contribution in [2.75, 3.05) is 13.1 Å². The van der Waals surface area contributed by atoms with E-state index in [4.69, 9.17) is 12.2 Å². The molecule has 0 saturated heterocycles. The lowest BCUT2D eigenvalue weighted by Crippen LogP contribution is -2.23. The van der Waals surface area contributed by atoms with Crippen molar-refractivity contribution in [2.45, 2.75) is 19.3 Å². The molecule has 11 heavy (non-hydrogen) atoms. The van der Waals surface area contributed by atoms with Crippen LogP contribution in [0.5, 0.6) is 0 Å². The molecule has 0 saturated carbocycles. The molecule has 0 aliphatic heterocycles. The van der Waals surface area contributed by atoms with E-state index in [1.165, 1.54) is 0 Å². The van der Waals surface area contributed by atoms with Crippen LogP contribution in [0.3, 0.4) is 0 Å². The van der Waals surface area contributed by atoms with Gasteiger partial charge in [-0.25, -0.2) is 0 Å². The highest BCUT2D eigenvalue weighted by atomic mass is 16.1. The van der Waals surface area contributed by atoms with E-state index in [-0.39, 0.29) is 5.91 Å². The van der Waals surface area contributed by atoms with Crippen molar-refractivity contribution in [3.63, 3.8) is 0 Å². The quantitative estimate of drug-likeness (QED) is 0.428. The van der Waals surface area contributed by atoms with Crippen LogP contribution in [0.2, 0.25) is 0 Å². The average Bonchev–Trinajstić information content (AvgIpc) is 2.01. The zero-order valence-corrected chi connectivity index (χ0v) is 6.60. The number of unbranched alkanes of at least 4 members (excludes halogenated alkanes) is 1. The first-order valence-corrected chi connectivity index (χ1v) is 3.71. The minimum Gasteiger partial charge on any atom is -0.345 e. The molecular formula is C8H14N2O. The first-order valence-electron chi connectivity index (χ1n) is 3.71. The van der Waals surface area contributed by atoms with Crippen LogP contribution in [0.15, 0.2) is 0 Å². The molecule has 0 aliphatic carbocycles. The Morgan fingerprint density at radius 3 is 2.82 bits per heavy atom. The summed E-state index contributed by atoms with van der Waals surface area (Å²) in [6.45, 7) is 0.962. The fourth-order valence-corrected chi connectivity index (χ4v) is 0.668. The lowest BCUT2D eigenvalue weighted by molar-refractivity contribution is -0.120. The third-order valence-corrected chi connectivity index (χ3v) is 1.25. The molecule has 3 heteroatoms. The monoisotopic (exact) mass is 154 g/mol. The van der Waals surface area contributed by atoms with E-state index in [1.807, 2.05) is 0 Å². The molecule has 0 aliphatic rings. The molecule has 1 amide bonds. The molecule has 0 fully saturated rings. The van der Waals surface area contributed by atoms with E-state index in [0.717, 1.165) is 12.8 Å². The van der Waals surface area contributed by atoms with Gasteiger partial charge in [0.05, 0.1) is 6.54 Å². The standard InChI is InChI=1S/C8H14N2O/c1-2-7-10-8(11)5-3-4-6-9/h1H,3-7,9H2,(H,10,11). The Bertz CT molecular complexity index is 149. The molecule has 0 heterocycles. The highest BCUT2D eigenvalue weighted by molar-refractivity contribution is 5.76. The number of hydrogen-bond acceptors (Lipinski definition) is 2. The zero-order valence-electron chi connectivity index (χ0n) is 6.60. The summed E-state index contributed by atoms with van der Waals surface area (Å²) in [6.07, 6.45) is 7.21. The Morgan fingerprint density at radius 1 is 1.55 bits per heavy atom. The highest BCUT2D eigenvalue weighted by Gasteiger charge is 1.97. The molecule has 3 N–H and O–H groups in total. The van der Waals surface area contributed by atoms with Gasteiger partial charge in [0.1, 0.15) is 0 Å². The lowest BCUT2D eigenvalue weighted by atomic mass is 10.2. The minimum absolute atomic E-state index is 0.0106. The molecule has 0 spiro atoms. The second kappa shape index (κ2) is 7.10. The van der Waals surface area contributed by atoms with Gasteiger partial charge in [0.15, 0.2) is 0 Å². The fraction of sp³-hybridized carbons (Fsp3) is 0.625. The van der Waals surface area contributed by atoms with Gasteiger partial charge in [-0.2, -0.15) is 0 Å². The Hall–Kier alpha value is -1.01. The molecule has 0 aromatic heterocycles. The third-order valence-electron chi connectivity index (χ3n) is 1.25. The summed E-state index contributed by atoms with van der Waals surface area (Å²) in [7, 11) is 0. The number of amides is 1. The van der Waals surface area contributed by atoms with Crippen LogP contribution in [-0.4, -0.2) is 19.0 Å². The SMILES string of the molecule is C#CCNC(=O)CCCCN. The van der Waals surface area contributed by atoms with Crippen LogP contribution < -0.4 is 11.1 Å². The van der Waals surface area contributed by atoms with E-state index in [9.17, 15) is 4.79 Å². The van der Waals surface area contributed by atoms with Crippen molar-refractivity contribution in [3.8, 4) is 12.3 Å². The lowest BCUT2D eigenvalue weighted by Gasteiger charge is -1.99. The fourth-order valence-electron chi connectivity index (χ4n) is 0.668. The second-order valence-corrected chi connectivity index (χ2v) is 2.23. The average molecular weight is 154 g/mol. The van der Waals surface area contributed by atoms with Gasteiger partial charge in [0.25, 0.3) is 0 Å². The largest absolute Gasteiger partial charge is 0.345 e. The minimum atomic E-state index is 0.0106. The van der Waals surface area contributed by atoms with E-state index in [0.29, 0.717) is 19.5 Å². The summed E-state index contributed by atoms with van der Waals surface area (Å²) < 4.78 is 0. The maximum Gasteiger partial charge on any atom is 0.220 e. The normalized spacial score (nSPS) is 8.73. The van der Waals surface area contributed by atoms with Gasteiger partial charge in [-0.3, -0.25) is 4.79 Å². The molecule has 0 bridgehead atoms. The summed E-state index contributed by atoms with van der Waals surface area (Å²) in [5.74, 6) is 2.34. The number of hydrogen-bond donors (Lipinski definition) is 2. The smallest absolute Gasteiger partial charge is 0.220 e. The molecule has 0 radical (unpaired) electrons. The van der Waals surface area contributed by atoms with E-state index in [2.05, 4.69) is 11.2 Å². The molecule has 0 aromatic rings. The Labute approximate surface area is 67.3 Å². The number of nitrogens with two attached hydrogens (primary N) is 1. The summed E-state index contributed by atoms with van der Waals surface area (Å²) in [4.78, 5) is 10.8. The van der Waals surface area contributed by atoms with Crippen molar-refractivity contribution in [3.05, 3.63) is 0 Å². The van der Waals surface area contributed by atoms with Gasteiger partial charge in [-0.05, 0) is 19.4 Å². The zero-order chi connectivity index (χ0) is 8.53. The first kappa shape index (κ1) is 9.99. The maximum absolute atomic E-state index is 10.8. The predicted octanol–water partition coefficient (Wildman–Crippen LogP) is -0.135. The molecule has 0 atom stereocenters. The summed E-state index contributed by atoms with van der Waals surface area (Å²) in [6, 6.07) is 0. The Morgan fingerprint density at radius 2 is 2.27 bits per heavy atom. The summed E-state index contributed by atoms with van der Waals surface area (Å²) in [5.41, 5.74) is 5.25. The van der Waals surface area contributed by atoms with Crippen molar-refractivity contribution in [1.29, 1.82) is 0 Å². The van der Waals surface area contributed by atoms with Crippen molar-refractivity contribution < 1.29 is 4.79 Å². The molecule has 0 unspecified atom stereocenters. The number of terminal acetylenes is 1. The summed E-state index contributed by atoms with van der Waals surface area (Å²) >= 11 is 0. The van der Waals surface area contributed by atoms with Crippen LogP contribution in [0, 0.1) is 12.3 Å². The second-order valence-electron chi connectivity index (χ2n) is 2.23. The summed E-state index contributed by atoms with van der Waals surface area (Å²) in [5, 5.41) is 2.58. The predicted molar refractivity (Wildman–Crippen MR) is 44.7 cm³/mol. The van der Waals surface area contributed by atoms with Crippen LogP contribution >= 0.6 is 0 Å². The van der Waals surface area contributed by atoms with Crippen molar-refractivity contribution in [1.82, 2.24) is 5.32 Å². The van der Waals surface area contributed by atoms with Gasteiger partial charge in [0.2, 0.25) is 5.91 Å². The Balaban J connectivity index is 3.17. The van der Waals surface area contributed by atoms with Gasteiger partial charge in [-0.15, -0.1) is 6.42 Å². The van der Waals surface area contributed by atoms with Gasteiger partial charge in [-0.1, -0.05) is 5.92 Å². The van der Waals surface area contributed by atoms with Crippen LogP contribution in [0.1, 0.15) is 19.3 Å². The van der Waals surface area contributed by atoms with Crippen LogP contribution in [0.25, 0.3) is 0 Å². The van der Waals surface area contributed by atoms with E-state index < -0.39 is 0 Å². The van der Waals surface area contributed by atoms with Gasteiger partial charge in [0, 0.05) is 6.42 Å². The topological polar surface area (TPSA) is 55.1 Å². The molecular weight excluding hydrogens is 140 g/mol. The van der Waals surface area contributed by atoms with Crippen LogP contribution in [0.4, 0.5) is 0 Å². The van der Waals surface area contributed by atoms with Gasteiger partial charge < -0.3 is 11.1 Å². The molecule has 62 valence electrons. The van der Waals surface area contributed by atoms with E-state index >= 15 is 0 Å². The Kier molecular flexibility index (Phi) is 6.45. The van der Waals surface area contributed by atoms with Crippen molar-refractivity contribution >= 4 is 5.91 Å². The number of nitrogens with one attached hydrogen (secondary N) is 1. The van der Waals surface area contributed by atoms with Gasteiger partial charge >= 0.3 is 0 Å². The van der Waals surface area contributed by atoms with Crippen molar-refractivity contribution in [2.24, 2.45) is 5.73 Å². The molecule has 3 nitrogen and oxygen atoms in total. The molecule has 0 rings (SSSR count). The van der Waals surface area contributed by atoms with Crippen LogP contribution in [-0.2, 0) is 4.79 Å². The number of carbonyl (C=O) groups is 1. The number of carbonyl (C=O) groups excluding carboxylic acids is 1. The first-order chi connectivity index (χ1) is 5.31. The van der Waals surface area contributed by atoms with E-state index in [1.54, 1.807) is 0 Å². The highest BCUT2D eigenvalue weighted by Crippen LogP contribution is 1.91.